The van der Waals surface area contributed by atoms with Crippen LogP contribution in [0.5, 0.6) is 0 Å². The maximum atomic E-state index is 5.24. The standard InChI is InChI=1S/C18H16NS2.C18H15P.C9H9BN6.Ru/c1-19(2)18(20)21-14-13-17(15-9-5-3-6-10-15)16-11-7-4-8-12-16;1-4-10-16(11-5-1)19(17-12-6-2-7-13-17)18-14-8-3-9-15-18;1-4-11-14(7-1)10(15-8-2-5-12-15)16-9-3-6-13-16;/h3-12H,1-2H3;1-15H;1-9H;/q-1;;-1;+2. The van der Waals surface area contributed by atoms with Crippen LogP contribution in [-0.4, -0.2) is 59.5 Å². The minimum atomic E-state index is -0.446. The zero-order valence-corrected chi connectivity index (χ0v) is 35.7. The van der Waals surface area contributed by atoms with Crippen molar-refractivity contribution in [3.63, 3.8) is 0 Å². The van der Waals surface area contributed by atoms with Crippen LogP contribution in [0.1, 0.15) is 11.1 Å². The normalized spacial score (nSPS) is 10.2. The minimum Gasteiger partial charge on any atom is -0.425 e. The first-order valence-electron chi connectivity index (χ1n) is 17.9. The number of hydrogen-bond acceptors (Lipinski definition) is 5. The molecule has 7 nitrogen and oxygen atoms in total. The molecule has 3 heterocycles. The summed E-state index contributed by atoms with van der Waals surface area (Å²) in [6, 6.07) is 58.4. The first-order chi connectivity index (χ1) is 27.6. The SMILES string of the molecule is CN(C)C(=S)S[C-]=C=C(c1ccccc1)c1ccccc1.[Ru+2].c1ccc(P(c2ccccc2)c2ccccc2)cc1.c1cnn([B-](n2cccn2)n2cccn2)c1. The van der Waals surface area contributed by atoms with Crippen molar-refractivity contribution >= 4 is 64.8 Å². The molecule has 8 aromatic rings. The summed E-state index contributed by atoms with van der Waals surface area (Å²) in [5.41, 5.74) is 6.51. The molecule has 0 aliphatic rings. The van der Waals surface area contributed by atoms with Gasteiger partial charge in [-0.05, 0) is 60.6 Å². The van der Waals surface area contributed by atoms with E-state index in [4.69, 9.17) is 12.2 Å². The second-order valence-electron chi connectivity index (χ2n) is 12.2. The molecule has 8 rings (SSSR count). The van der Waals surface area contributed by atoms with Crippen LogP contribution in [0.4, 0.5) is 0 Å². The van der Waals surface area contributed by atoms with Crippen molar-refractivity contribution < 1.29 is 19.5 Å². The molecule has 0 aliphatic carbocycles. The van der Waals surface area contributed by atoms with E-state index >= 15 is 0 Å². The fourth-order valence-electron chi connectivity index (χ4n) is 5.53. The summed E-state index contributed by atoms with van der Waals surface area (Å²) in [6.45, 7) is 0. The van der Waals surface area contributed by atoms with E-state index in [1.807, 2.05) is 92.2 Å². The molecule has 0 unspecified atom stereocenters. The van der Waals surface area contributed by atoms with Crippen molar-refractivity contribution in [3.8, 4) is 0 Å². The van der Waals surface area contributed by atoms with Gasteiger partial charge in [0, 0.05) is 32.7 Å². The third-order valence-electron chi connectivity index (χ3n) is 8.13. The first kappa shape index (κ1) is 42.7. The minimum absolute atomic E-state index is 0. The molecule has 12 heteroatoms. The van der Waals surface area contributed by atoms with Crippen molar-refractivity contribution in [1.82, 2.24) is 34.0 Å². The first-order valence-corrected chi connectivity index (χ1v) is 20.4. The fraction of sp³-hybridized carbons (Fsp3) is 0.0444. The van der Waals surface area contributed by atoms with Crippen LogP contribution in [0.2, 0.25) is 0 Å². The number of thioether (sulfide) groups is 1. The average molecular weight is 886 g/mol. The molecule has 5 aromatic carbocycles. The number of thiocarbonyl (C=S) groups is 1. The summed E-state index contributed by atoms with van der Waals surface area (Å²) >= 11 is 6.62. The van der Waals surface area contributed by atoms with Gasteiger partial charge in [-0.1, -0.05) is 175 Å². The van der Waals surface area contributed by atoms with E-state index in [2.05, 4.69) is 142 Å². The second kappa shape index (κ2) is 23.0. The van der Waals surface area contributed by atoms with E-state index in [0.717, 1.165) is 21.0 Å². The number of benzene rings is 5. The monoisotopic (exact) mass is 886 g/mol. The summed E-state index contributed by atoms with van der Waals surface area (Å²) in [6.07, 6.45) is 10.9. The molecular weight excluding hydrogens is 846 g/mol. The van der Waals surface area contributed by atoms with Gasteiger partial charge in [-0.3, -0.25) is 0 Å². The molecule has 283 valence electrons. The van der Waals surface area contributed by atoms with Crippen molar-refractivity contribution in [2.75, 3.05) is 14.1 Å². The van der Waals surface area contributed by atoms with Crippen molar-refractivity contribution in [3.05, 3.63) is 229 Å². The number of hydrogen-bond donors (Lipinski definition) is 0. The molecule has 0 N–H and O–H groups in total. The predicted molar refractivity (Wildman–Crippen MR) is 240 cm³/mol. The molecule has 1 radical (unpaired) electrons. The Hall–Kier alpha value is -5.39. The van der Waals surface area contributed by atoms with Gasteiger partial charge in [-0.2, -0.15) is 17.2 Å². The Kier molecular flexibility index (Phi) is 17.2. The van der Waals surface area contributed by atoms with Crippen LogP contribution in [0, 0.1) is 5.41 Å². The van der Waals surface area contributed by atoms with Crippen molar-refractivity contribution in [1.29, 1.82) is 0 Å². The van der Waals surface area contributed by atoms with Crippen LogP contribution >= 0.6 is 31.9 Å². The second-order valence-corrected chi connectivity index (χ2v) is 15.9. The molecule has 0 amide bonds. The molecule has 3 aromatic heterocycles. The maximum Gasteiger partial charge on any atom is 2.00 e. The number of nitrogens with zero attached hydrogens (tertiary/aromatic N) is 7. The van der Waals surface area contributed by atoms with Crippen LogP contribution in [0.3, 0.4) is 0 Å². The van der Waals surface area contributed by atoms with Gasteiger partial charge in [0.2, 0.25) is 0 Å². The smallest absolute Gasteiger partial charge is 0.425 e. The summed E-state index contributed by atoms with van der Waals surface area (Å²) in [5.74, 6) is 0. The molecule has 0 spiro atoms. The van der Waals surface area contributed by atoms with Gasteiger partial charge >= 0.3 is 19.5 Å². The Morgan fingerprint density at radius 1 is 0.561 bits per heavy atom. The fourth-order valence-corrected chi connectivity index (χ4v) is 8.38. The van der Waals surface area contributed by atoms with Crippen LogP contribution in [-0.2, 0) is 19.5 Å². The zero-order chi connectivity index (χ0) is 38.8. The molecule has 0 aliphatic heterocycles. The summed E-state index contributed by atoms with van der Waals surface area (Å²) < 4.78 is 6.14. The maximum absolute atomic E-state index is 5.24. The predicted octanol–water partition coefficient (Wildman–Crippen LogP) is 8.26. The molecule has 0 saturated carbocycles. The van der Waals surface area contributed by atoms with Gasteiger partial charge in [0.05, 0.1) is 0 Å². The van der Waals surface area contributed by atoms with Gasteiger partial charge in [0.1, 0.15) is 4.32 Å². The molecule has 0 fully saturated rings. The Morgan fingerprint density at radius 3 is 1.19 bits per heavy atom. The Balaban J connectivity index is 0.000000163. The van der Waals surface area contributed by atoms with E-state index < -0.39 is 7.92 Å². The molecule has 0 atom stereocenters. The van der Waals surface area contributed by atoms with E-state index in [9.17, 15) is 0 Å². The van der Waals surface area contributed by atoms with Gasteiger partial charge < -0.3 is 24.4 Å². The van der Waals surface area contributed by atoms with Crippen LogP contribution in [0.25, 0.3) is 5.57 Å². The van der Waals surface area contributed by atoms with E-state index in [-0.39, 0.29) is 26.6 Å². The average Bonchev–Trinajstić information content (AvgIpc) is 4.09. The largest absolute Gasteiger partial charge is 2.00 e. The molecule has 57 heavy (non-hydrogen) atoms. The van der Waals surface area contributed by atoms with Gasteiger partial charge in [-0.25, -0.2) is 15.3 Å². The summed E-state index contributed by atoms with van der Waals surface area (Å²) in [5, 5.41) is 20.0. The summed E-state index contributed by atoms with van der Waals surface area (Å²) in [4.78, 5) is 1.89. The quantitative estimate of drug-likeness (QED) is 0.0479. The number of rotatable bonds is 9. The van der Waals surface area contributed by atoms with Gasteiger partial charge in [0.25, 0.3) is 7.12 Å². The van der Waals surface area contributed by atoms with Crippen molar-refractivity contribution in [2.45, 2.75) is 0 Å². The Morgan fingerprint density at radius 2 is 0.895 bits per heavy atom. The van der Waals surface area contributed by atoms with E-state index in [1.54, 1.807) is 32.4 Å². The Bertz CT molecular complexity index is 2150. The van der Waals surface area contributed by atoms with Gasteiger partial charge in [0.15, 0.2) is 0 Å². The van der Waals surface area contributed by atoms with Crippen molar-refractivity contribution in [2.24, 2.45) is 0 Å². The molecule has 0 bridgehead atoms. The molecular formula is C45H40BN7PRuS2. The third-order valence-corrected chi connectivity index (χ3v) is 11.9. The van der Waals surface area contributed by atoms with E-state index in [0.29, 0.717) is 0 Å². The van der Waals surface area contributed by atoms with Crippen LogP contribution in [0.15, 0.2) is 213 Å². The van der Waals surface area contributed by atoms with E-state index in [1.165, 1.54) is 27.7 Å². The van der Waals surface area contributed by atoms with Crippen LogP contribution < -0.4 is 15.9 Å². The molecule has 0 saturated heterocycles. The topological polar surface area (TPSA) is 56.7 Å². The zero-order valence-electron chi connectivity index (χ0n) is 31.5. The van der Waals surface area contributed by atoms with Gasteiger partial charge in [-0.15, -0.1) is 5.57 Å². The Labute approximate surface area is 359 Å². The third kappa shape index (κ3) is 12.6. The summed E-state index contributed by atoms with van der Waals surface area (Å²) in [7, 11) is 3.21. The number of aromatic nitrogens is 6.